The third-order valence-electron chi connectivity index (χ3n) is 1.87. The lowest BCUT2D eigenvalue weighted by molar-refractivity contribution is -0.145. The molecule has 0 aliphatic heterocycles. The molecule has 0 spiro atoms. The summed E-state index contributed by atoms with van der Waals surface area (Å²) in [6, 6.07) is 0. The first-order valence-corrected chi connectivity index (χ1v) is 5.76. The molecule has 0 saturated carbocycles. The smallest absolute Gasteiger partial charge is 0.307 e. The van der Waals surface area contributed by atoms with Crippen molar-refractivity contribution in [3.8, 4) is 0 Å². The maximum Gasteiger partial charge on any atom is 0.307 e. The van der Waals surface area contributed by atoms with E-state index in [0.717, 1.165) is 0 Å². The molecule has 0 fully saturated rings. The maximum atomic E-state index is 11.1. The first-order chi connectivity index (χ1) is 8.31. The van der Waals surface area contributed by atoms with E-state index in [2.05, 4.69) is 5.32 Å². The lowest BCUT2D eigenvalue weighted by Crippen LogP contribution is -2.17. The molecule has 17 heavy (non-hydrogen) atoms. The number of hydrogen-bond acceptors (Lipinski definition) is 6. The molecule has 0 aromatic heterocycles. The average molecular weight is 249 g/mol. The Morgan fingerprint density at radius 2 is 1.59 bits per heavy atom. The molecule has 0 saturated heterocycles. The number of carbonyl (C=O) groups excluding carboxylic acids is 1. The molecule has 0 amide bonds. The van der Waals surface area contributed by atoms with Crippen molar-refractivity contribution < 1.29 is 23.7 Å². The predicted molar refractivity (Wildman–Crippen MR) is 63.0 cm³/mol. The molecule has 0 bridgehead atoms. The van der Waals surface area contributed by atoms with Gasteiger partial charge in [-0.05, 0) is 7.05 Å². The number of nitrogens with one attached hydrogen (secondary N) is 1. The van der Waals surface area contributed by atoms with Crippen LogP contribution in [0.5, 0.6) is 0 Å². The highest BCUT2D eigenvalue weighted by Gasteiger charge is 2.00. The third kappa shape index (κ3) is 13.2. The monoisotopic (exact) mass is 249 g/mol. The second kappa shape index (κ2) is 13.4. The maximum absolute atomic E-state index is 11.1. The van der Waals surface area contributed by atoms with Crippen molar-refractivity contribution >= 4 is 5.97 Å². The van der Waals surface area contributed by atoms with Crippen molar-refractivity contribution in [2.75, 3.05) is 60.3 Å². The molecule has 6 heteroatoms. The van der Waals surface area contributed by atoms with Gasteiger partial charge >= 0.3 is 5.97 Å². The van der Waals surface area contributed by atoms with Gasteiger partial charge in [0.25, 0.3) is 0 Å². The summed E-state index contributed by atoms with van der Waals surface area (Å²) < 4.78 is 20.1. The zero-order chi connectivity index (χ0) is 12.8. The van der Waals surface area contributed by atoms with E-state index in [-0.39, 0.29) is 5.97 Å². The van der Waals surface area contributed by atoms with Gasteiger partial charge in [-0.3, -0.25) is 4.79 Å². The van der Waals surface area contributed by atoms with Crippen LogP contribution in [0.4, 0.5) is 0 Å². The molecule has 6 nitrogen and oxygen atoms in total. The summed E-state index contributed by atoms with van der Waals surface area (Å²) in [7, 11) is 3.42. The summed E-state index contributed by atoms with van der Waals surface area (Å²) >= 11 is 0. The fourth-order valence-electron chi connectivity index (χ4n) is 0.978. The van der Waals surface area contributed by atoms with Crippen LogP contribution in [0.25, 0.3) is 0 Å². The summed E-state index contributed by atoms with van der Waals surface area (Å²) in [4.78, 5) is 11.1. The number of methoxy groups -OCH3 is 1. The topological polar surface area (TPSA) is 66.0 Å². The van der Waals surface area contributed by atoms with Gasteiger partial charge in [0.1, 0.15) is 6.61 Å². The Morgan fingerprint density at radius 1 is 1.00 bits per heavy atom. The molecule has 0 radical (unpaired) electrons. The zero-order valence-corrected chi connectivity index (χ0v) is 10.7. The van der Waals surface area contributed by atoms with Crippen LogP contribution in [0, 0.1) is 0 Å². The van der Waals surface area contributed by atoms with E-state index >= 15 is 0 Å². The van der Waals surface area contributed by atoms with Gasteiger partial charge in [-0.15, -0.1) is 0 Å². The number of ether oxygens (including phenoxy) is 4. The van der Waals surface area contributed by atoms with Gasteiger partial charge in [-0.25, -0.2) is 0 Å². The van der Waals surface area contributed by atoms with E-state index in [1.807, 2.05) is 0 Å². The lowest BCUT2D eigenvalue weighted by Gasteiger charge is -2.06. The summed E-state index contributed by atoms with van der Waals surface area (Å²) in [5.41, 5.74) is 0. The number of carbonyl (C=O) groups is 1. The van der Waals surface area contributed by atoms with Crippen LogP contribution < -0.4 is 5.32 Å². The van der Waals surface area contributed by atoms with Crippen LogP contribution in [0.15, 0.2) is 0 Å². The Kier molecular flexibility index (Phi) is 12.8. The van der Waals surface area contributed by atoms with E-state index in [1.165, 1.54) is 0 Å². The van der Waals surface area contributed by atoms with Crippen molar-refractivity contribution in [1.29, 1.82) is 0 Å². The molecule has 1 N–H and O–H groups in total. The molecule has 0 rings (SSSR count). The van der Waals surface area contributed by atoms with E-state index < -0.39 is 0 Å². The first-order valence-electron chi connectivity index (χ1n) is 5.76. The number of hydrogen-bond donors (Lipinski definition) is 1. The molecule has 0 unspecified atom stereocenters. The third-order valence-corrected chi connectivity index (χ3v) is 1.87. The molecular weight excluding hydrogens is 226 g/mol. The minimum Gasteiger partial charge on any atom is -0.463 e. The van der Waals surface area contributed by atoms with Gasteiger partial charge in [-0.1, -0.05) is 0 Å². The van der Waals surface area contributed by atoms with Crippen molar-refractivity contribution in [2.45, 2.75) is 6.42 Å². The normalized spacial score (nSPS) is 10.5. The average Bonchev–Trinajstić information content (AvgIpc) is 2.34. The van der Waals surface area contributed by atoms with Gasteiger partial charge in [0.05, 0.1) is 39.5 Å². The highest BCUT2D eigenvalue weighted by Crippen LogP contribution is 1.86. The van der Waals surface area contributed by atoms with Gasteiger partial charge in [-0.2, -0.15) is 0 Å². The van der Waals surface area contributed by atoms with E-state index in [0.29, 0.717) is 52.6 Å². The molecule has 0 aromatic carbocycles. The second-order valence-corrected chi connectivity index (χ2v) is 3.29. The Hall–Kier alpha value is -0.690. The van der Waals surface area contributed by atoms with Gasteiger partial charge in [0.15, 0.2) is 0 Å². The Balaban J connectivity index is 3.05. The fourth-order valence-corrected chi connectivity index (χ4v) is 0.978. The molecular formula is C11H23NO5. The lowest BCUT2D eigenvalue weighted by atomic mass is 10.4. The Labute approximate surface area is 103 Å². The van der Waals surface area contributed by atoms with Crippen LogP contribution >= 0.6 is 0 Å². The van der Waals surface area contributed by atoms with Gasteiger partial charge in [0.2, 0.25) is 0 Å². The van der Waals surface area contributed by atoms with E-state index in [4.69, 9.17) is 18.9 Å². The van der Waals surface area contributed by atoms with Gasteiger partial charge < -0.3 is 24.3 Å². The van der Waals surface area contributed by atoms with Gasteiger partial charge in [0, 0.05) is 13.7 Å². The standard InChI is InChI=1S/C11H23NO5/c1-12-4-3-11(13)17-10-9-16-8-7-15-6-5-14-2/h12H,3-10H2,1-2H3. The molecule has 0 aromatic rings. The van der Waals surface area contributed by atoms with Crippen LogP contribution in [-0.4, -0.2) is 66.3 Å². The molecule has 0 aliphatic carbocycles. The quantitative estimate of drug-likeness (QED) is 0.382. The molecule has 102 valence electrons. The van der Waals surface area contributed by atoms with Crippen LogP contribution in [0.1, 0.15) is 6.42 Å². The van der Waals surface area contributed by atoms with E-state index in [1.54, 1.807) is 14.2 Å². The van der Waals surface area contributed by atoms with Crippen LogP contribution in [0.3, 0.4) is 0 Å². The Bertz CT molecular complexity index is 177. The number of esters is 1. The van der Waals surface area contributed by atoms with Crippen molar-refractivity contribution in [1.82, 2.24) is 5.32 Å². The Morgan fingerprint density at radius 3 is 2.18 bits per heavy atom. The van der Waals surface area contributed by atoms with Crippen molar-refractivity contribution in [2.24, 2.45) is 0 Å². The zero-order valence-electron chi connectivity index (χ0n) is 10.7. The summed E-state index contributed by atoms with van der Waals surface area (Å²) in [5.74, 6) is -0.209. The summed E-state index contributed by atoms with van der Waals surface area (Å²) in [5, 5.41) is 2.87. The first kappa shape index (κ1) is 16.3. The fraction of sp³-hybridized carbons (Fsp3) is 0.909. The summed E-state index contributed by atoms with van der Waals surface area (Å²) in [6.07, 6.45) is 0.386. The van der Waals surface area contributed by atoms with Crippen LogP contribution in [0.2, 0.25) is 0 Å². The largest absolute Gasteiger partial charge is 0.463 e. The highest BCUT2D eigenvalue weighted by molar-refractivity contribution is 5.69. The SMILES string of the molecule is CNCCC(=O)OCCOCCOCCOC. The molecule has 0 aliphatic rings. The van der Waals surface area contributed by atoms with E-state index in [9.17, 15) is 4.79 Å². The highest BCUT2D eigenvalue weighted by atomic mass is 16.6. The molecule has 0 atom stereocenters. The number of rotatable bonds is 12. The minimum absolute atomic E-state index is 0.209. The predicted octanol–water partition coefficient (Wildman–Crippen LogP) is -0.181. The van der Waals surface area contributed by atoms with Crippen molar-refractivity contribution in [3.63, 3.8) is 0 Å². The second-order valence-electron chi connectivity index (χ2n) is 3.29. The van der Waals surface area contributed by atoms with Crippen molar-refractivity contribution in [3.05, 3.63) is 0 Å². The molecule has 0 heterocycles. The van der Waals surface area contributed by atoms with Crippen LogP contribution in [-0.2, 0) is 23.7 Å². The minimum atomic E-state index is -0.209. The summed E-state index contributed by atoms with van der Waals surface area (Å²) in [6.45, 7) is 3.50.